The minimum absolute atomic E-state index is 0. The molecule has 1 aromatic heterocycles. The summed E-state index contributed by atoms with van der Waals surface area (Å²) in [4.78, 5) is 5.44. The van der Waals surface area contributed by atoms with Crippen molar-refractivity contribution in [2.24, 2.45) is 0 Å². The molecular formula is C27H49Cl2MnN5S2-2. The summed E-state index contributed by atoms with van der Waals surface area (Å²) in [6, 6.07) is 5.09. The second kappa shape index (κ2) is 16.3. The zero-order chi connectivity index (χ0) is 24.0. The molecule has 2 unspecified atom stereocenters. The molecule has 1 aliphatic heterocycles. The van der Waals surface area contributed by atoms with E-state index in [1.807, 2.05) is 0 Å². The van der Waals surface area contributed by atoms with E-state index in [1.165, 1.54) is 112 Å². The minimum Gasteiger partial charge on any atom is -0.650 e. The molecule has 0 saturated heterocycles. The average molecular weight is 634 g/mol. The third-order valence-electron chi connectivity index (χ3n) is 8.87. The van der Waals surface area contributed by atoms with Crippen LogP contribution in [-0.4, -0.2) is 42.2 Å². The summed E-state index contributed by atoms with van der Waals surface area (Å²) in [6.07, 6.45) is 17.6. The summed E-state index contributed by atoms with van der Waals surface area (Å²) in [5.74, 6) is 0. The van der Waals surface area contributed by atoms with Gasteiger partial charge < -0.3 is 21.3 Å². The van der Waals surface area contributed by atoms with E-state index in [1.54, 1.807) is 0 Å². The zero-order valence-corrected chi connectivity index (χ0v) is 26.5. The zero-order valence-electron chi connectivity index (χ0n) is 21.8. The van der Waals surface area contributed by atoms with E-state index in [2.05, 4.69) is 16.7 Å². The van der Waals surface area contributed by atoms with Crippen LogP contribution in [0.1, 0.15) is 115 Å². The van der Waals surface area contributed by atoms with Gasteiger partial charge in [0.2, 0.25) is 0 Å². The van der Waals surface area contributed by atoms with Crippen molar-refractivity contribution in [3.05, 3.63) is 39.2 Å². The number of aromatic nitrogens is 1. The molecule has 2 fully saturated rings. The van der Waals surface area contributed by atoms with Crippen molar-refractivity contribution in [2.75, 3.05) is 13.1 Å². The van der Waals surface area contributed by atoms with Gasteiger partial charge in [-0.3, -0.25) is 4.98 Å². The van der Waals surface area contributed by atoms with Crippen molar-refractivity contribution in [1.29, 1.82) is 0 Å². The first-order valence-electron chi connectivity index (χ1n) is 14.0. The van der Waals surface area contributed by atoms with Crippen molar-refractivity contribution in [3.8, 4) is 0 Å². The normalized spacial score (nSPS) is 33.4. The molecule has 5 nitrogen and oxygen atoms in total. The van der Waals surface area contributed by atoms with Gasteiger partial charge >= 0.3 is 33.3 Å². The van der Waals surface area contributed by atoms with Gasteiger partial charge in [-0.15, -0.1) is 12.1 Å². The summed E-state index contributed by atoms with van der Waals surface area (Å²) < 4.78 is 0. The Morgan fingerprint density at radius 3 is 1.59 bits per heavy atom. The summed E-state index contributed by atoms with van der Waals surface area (Å²) >= 11 is 0.00694. The summed E-state index contributed by atoms with van der Waals surface area (Å²) in [5.41, 5.74) is 5.61. The Morgan fingerprint density at radius 1 is 0.703 bits per heavy atom. The van der Waals surface area contributed by atoms with Crippen LogP contribution in [0.5, 0.6) is 0 Å². The maximum atomic E-state index is 5.51. The molecular weight excluding hydrogens is 584 g/mol. The second-order valence-electron chi connectivity index (χ2n) is 11.1. The number of nitrogens with zero attached hydrogens (tertiary/aromatic N) is 3. The number of halogens is 2. The van der Waals surface area contributed by atoms with Crippen LogP contribution in [0, 0.1) is 0 Å². The monoisotopic (exact) mass is 632 g/mol. The molecule has 2 heterocycles. The van der Waals surface area contributed by atoms with Crippen LogP contribution in [0.3, 0.4) is 0 Å². The molecule has 37 heavy (non-hydrogen) atoms. The number of pyridine rings is 1. The Balaban J connectivity index is 0.00000104. The van der Waals surface area contributed by atoms with Gasteiger partial charge in [-0.1, -0.05) is 82.4 Å². The molecule has 0 aromatic carbocycles. The molecule has 1 aromatic rings. The first-order valence-corrected chi connectivity index (χ1v) is 17.3. The van der Waals surface area contributed by atoms with Crippen molar-refractivity contribution < 1.29 is 16.0 Å². The quantitative estimate of drug-likeness (QED) is 0.291. The molecule has 10 heteroatoms. The van der Waals surface area contributed by atoms with E-state index in [9.17, 15) is 0 Å². The summed E-state index contributed by atoms with van der Waals surface area (Å²) in [5, 5.41) is 18.8. The van der Waals surface area contributed by atoms with E-state index >= 15 is 0 Å². The van der Waals surface area contributed by atoms with Crippen LogP contribution in [0.2, 0.25) is 0 Å². The molecule has 5 aliphatic rings. The largest absolute Gasteiger partial charge is 0.650 e. The van der Waals surface area contributed by atoms with Crippen molar-refractivity contribution in [3.63, 3.8) is 0 Å². The van der Waals surface area contributed by atoms with Crippen LogP contribution in [0.4, 0.5) is 0 Å². The Hall–Kier alpha value is 0.789. The number of fused-ring (bicyclic) bond motifs is 2. The first kappa shape index (κ1) is 32.3. The SMILES string of the molecule is S.S.[Cl][Mn][Cl].[HH].[HH].c1c2c3nc4c1CCC[C@@H]4[N-][C@@H]1CCCC[C@H]1NCCNC1CCCC[C@H]1[N-]C3CCC2. The molecule has 6 rings (SSSR count). The Bertz CT molecular complexity index is 788. The summed E-state index contributed by atoms with van der Waals surface area (Å²) in [6.45, 7) is 2.10. The maximum absolute atomic E-state index is 5.51. The van der Waals surface area contributed by atoms with Gasteiger partial charge in [-0.25, -0.2) is 0 Å². The van der Waals surface area contributed by atoms with Gasteiger partial charge in [0.15, 0.2) is 0 Å². The molecule has 0 radical (unpaired) electrons. The number of hydrogen-bond acceptors (Lipinski definition) is 3. The Morgan fingerprint density at radius 2 is 1.14 bits per heavy atom. The smallest absolute Gasteiger partial charge is 0.0264 e. The third kappa shape index (κ3) is 8.18. The van der Waals surface area contributed by atoms with Crippen molar-refractivity contribution in [2.45, 2.75) is 126 Å². The number of aryl methyl sites for hydroxylation is 2. The third-order valence-corrected chi connectivity index (χ3v) is 8.87. The summed E-state index contributed by atoms with van der Waals surface area (Å²) in [7, 11) is 9.59. The molecule has 6 atom stereocenters. The van der Waals surface area contributed by atoms with Gasteiger partial charge in [0.05, 0.1) is 0 Å². The fourth-order valence-electron chi connectivity index (χ4n) is 7.18. The van der Waals surface area contributed by atoms with E-state index < -0.39 is 0 Å². The topological polar surface area (TPSA) is 65.2 Å². The van der Waals surface area contributed by atoms with Crippen LogP contribution in [0.25, 0.3) is 10.6 Å². The first-order chi connectivity index (χ1) is 17.3. The van der Waals surface area contributed by atoms with Gasteiger partial charge in [0.1, 0.15) is 0 Å². The maximum Gasteiger partial charge on any atom is 0.0264 e. The van der Waals surface area contributed by atoms with E-state index in [0.29, 0.717) is 36.3 Å². The van der Waals surface area contributed by atoms with Gasteiger partial charge in [0.25, 0.3) is 0 Å². The number of nitrogens with one attached hydrogen (secondary N) is 2. The molecule has 4 aliphatic carbocycles. The molecule has 2 N–H and O–H groups in total. The number of rotatable bonds is 0. The fraction of sp³-hybridized carbons (Fsp3) is 0.815. The van der Waals surface area contributed by atoms with Gasteiger partial charge in [-0.2, -0.15) is 27.0 Å². The second-order valence-corrected chi connectivity index (χ2v) is 13.0. The van der Waals surface area contributed by atoms with Gasteiger partial charge in [-0.05, 0) is 48.9 Å². The van der Waals surface area contributed by atoms with Crippen molar-refractivity contribution in [1.82, 2.24) is 15.6 Å². The predicted octanol–water partition coefficient (Wildman–Crippen LogP) is 7.49. The Kier molecular flexibility index (Phi) is 14.2. The Labute approximate surface area is 256 Å². The van der Waals surface area contributed by atoms with E-state index in [-0.39, 0.29) is 43.0 Å². The molecule has 2 bridgehead atoms. The molecule has 0 amide bonds. The molecule has 217 valence electrons. The predicted molar refractivity (Wildman–Crippen MR) is 167 cm³/mol. The number of hydrogen-bond donors (Lipinski definition) is 2. The standard InChI is InChI=1S/C27H41N5.2ClH.Mn.2H2S.2H2/c1-3-11-22-20(9-1)28-15-16-29-21-10-2-4-12-23(21)31-25-14-6-8-19-17-18-7-5-13-24(30-22)26(18)32-27(19)25;;;;;;;/h17,20-25,28-29H,1-16H2;2*1H;;2*1H2;2*1H/q-2;;;+2;;;;/p-2/t20-,21?,22-,23-,24+,25?;;;;;;;/m1......./s1. The van der Waals surface area contributed by atoms with Crippen LogP contribution >= 0.6 is 47.2 Å². The van der Waals surface area contributed by atoms with E-state index in [4.69, 9.17) is 35.8 Å². The van der Waals surface area contributed by atoms with Crippen LogP contribution in [-0.2, 0) is 26.0 Å². The van der Waals surface area contributed by atoms with Gasteiger partial charge in [0, 0.05) is 27.3 Å². The van der Waals surface area contributed by atoms with Crippen molar-refractivity contribution >= 4 is 47.2 Å². The molecule has 0 spiro atoms. The van der Waals surface area contributed by atoms with Crippen LogP contribution < -0.4 is 10.6 Å². The fourth-order valence-corrected chi connectivity index (χ4v) is 7.18. The van der Waals surface area contributed by atoms with Crippen LogP contribution in [0.15, 0.2) is 6.07 Å². The minimum atomic E-state index is 0. The molecule has 2 saturated carbocycles. The van der Waals surface area contributed by atoms with E-state index in [0.717, 1.165) is 13.1 Å². The average Bonchev–Trinajstić information content (AvgIpc) is 2.88.